The lowest BCUT2D eigenvalue weighted by atomic mass is 10.1. The Kier molecular flexibility index (Phi) is 7.77. The fourth-order valence-electron chi connectivity index (χ4n) is 3.06. The van der Waals surface area contributed by atoms with E-state index in [1.165, 1.54) is 45.6 Å². The lowest BCUT2D eigenvalue weighted by molar-refractivity contribution is -0.121. The van der Waals surface area contributed by atoms with Crippen molar-refractivity contribution in [3.63, 3.8) is 0 Å². The van der Waals surface area contributed by atoms with Gasteiger partial charge in [0.05, 0.1) is 26.2 Å². The molecule has 0 radical (unpaired) electrons. The van der Waals surface area contributed by atoms with Gasteiger partial charge in [-0.15, -0.1) is 0 Å². The Labute approximate surface area is 192 Å². The fourth-order valence-corrected chi connectivity index (χ4v) is 4.36. The number of methoxy groups -OCH3 is 3. The summed E-state index contributed by atoms with van der Waals surface area (Å²) in [5.74, 6) is 0.0168. The van der Waals surface area contributed by atoms with Crippen LogP contribution in [0.4, 0.5) is 0 Å². The number of benzene rings is 2. The van der Waals surface area contributed by atoms with Gasteiger partial charge in [0, 0.05) is 18.0 Å². The van der Waals surface area contributed by atoms with Crippen molar-refractivity contribution >= 4 is 21.8 Å². The smallest absolute Gasteiger partial charge is 0.269 e. The van der Waals surface area contributed by atoms with Gasteiger partial charge in [-0.05, 0) is 49.1 Å². The molecule has 0 aliphatic heterocycles. The molecule has 1 saturated carbocycles. The van der Waals surface area contributed by atoms with Crippen LogP contribution < -0.4 is 29.8 Å². The van der Waals surface area contributed by atoms with E-state index in [9.17, 15) is 18.0 Å². The maximum atomic E-state index is 12.4. The molecule has 0 bridgehead atoms. The average molecular weight is 478 g/mol. The highest BCUT2D eigenvalue weighted by Crippen LogP contribution is 2.38. The number of nitrogens with one attached hydrogen (secondary N) is 3. The van der Waals surface area contributed by atoms with E-state index >= 15 is 0 Å². The molecule has 2 aromatic rings. The van der Waals surface area contributed by atoms with Crippen molar-refractivity contribution in [3.05, 3.63) is 47.5 Å². The summed E-state index contributed by atoms with van der Waals surface area (Å²) in [7, 11) is 0.823. The number of hydrogen-bond acceptors (Lipinski definition) is 7. The molecule has 2 amide bonds. The van der Waals surface area contributed by atoms with Crippen LogP contribution >= 0.6 is 0 Å². The second-order valence-electron chi connectivity index (χ2n) is 7.46. The summed E-state index contributed by atoms with van der Waals surface area (Å²) in [6, 6.07) is 9.35. The molecule has 1 aliphatic rings. The summed E-state index contributed by atoms with van der Waals surface area (Å²) in [6.45, 7) is 0. The number of rotatable bonds is 10. The predicted octanol–water partition coefficient (Wildman–Crippen LogP) is 1.55. The van der Waals surface area contributed by atoms with Gasteiger partial charge >= 0.3 is 0 Å². The summed E-state index contributed by atoms with van der Waals surface area (Å²) in [4.78, 5) is 24.8. The standard InChI is InChI=1S/C22H27N3O7S/c1-30-18-12-15(13-19(31-2)21(18)32-3)22(27)24-23-20(26)11-6-14-4-9-17(10-5-14)33(28,29)25-16-7-8-16/h4-5,9-10,12-13,16,25H,6-8,11H2,1-3H3,(H,23,26)(H,24,27). The van der Waals surface area contributed by atoms with E-state index in [0.717, 1.165) is 18.4 Å². The zero-order valence-electron chi connectivity index (χ0n) is 18.6. The summed E-state index contributed by atoms with van der Waals surface area (Å²) >= 11 is 0. The Morgan fingerprint density at radius 3 is 2.06 bits per heavy atom. The van der Waals surface area contributed by atoms with E-state index in [1.807, 2.05) is 0 Å². The molecule has 10 nitrogen and oxygen atoms in total. The third kappa shape index (κ3) is 6.36. The highest BCUT2D eigenvalue weighted by molar-refractivity contribution is 7.89. The molecule has 11 heteroatoms. The van der Waals surface area contributed by atoms with Crippen LogP contribution in [0, 0.1) is 0 Å². The number of hydrogen-bond donors (Lipinski definition) is 3. The SMILES string of the molecule is COc1cc(C(=O)NNC(=O)CCc2ccc(S(=O)(=O)NC3CC3)cc2)cc(OC)c1OC. The third-order valence-corrected chi connectivity index (χ3v) is 6.55. The van der Waals surface area contributed by atoms with Gasteiger partial charge in [-0.25, -0.2) is 13.1 Å². The van der Waals surface area contributed by atoms with Crippen molar-refractivity contribution in [1.82, 2.24) is 15.6 Å². The van der Waals surface area contributed by atoms with E-state index < -0.39 is 21.8 Å². The van der Waals surface area contributed by atoms with E-state index in [2.05, 4.69) is 15.6 Å². The first kappa shape index (κ1) is 24.3. The Hall–Kier alpha value is -3.31. The molecule has 0 unspecified atom stereocenters. The molecule has 0 saturated heterocycles. The van der Waals surface area contributed by atoms with Crippen LogP contribution in [0.1, 0.15) is 35.2 Å². The van der Waals surface area contributed by atoms with E-state index in [-0.39, 0.29) is 22.9 Å². The van der Waals surface area contributed by atoms with Crippen molar-refractivity contribution in [1.29, 1.82) is 0 Å². The minimum atomic E-state index is -3.51. The van der Waals surface area contributed by atoms with Crippen molar-refractivity contribution < 1.29 is 32.2 Å². The second kappa shape index (κ2) is 10.5. The summed E-state index contributed by atoms with van der Waals surface area (Å²) in [5, 5.41) is 0. The first-order valence-electron chi connectivity index (χ1n) is 10.3. The quantitative estimate of drug-likeness (QED) is 0.442. The van der Waals surface area contributed by atoms with Gasteiger partial charge in [0.15, 0.2) is 11.5 Å². The molecule has 0 aromatic heterocycles. The van der Waals surface area contributed by atoms with Crippen molar-refractivity contribution in [3.8, 4) is 17.2 Å². The van der Waals surface area contributed by atoms with Gasteiger partial charge in [-0.1, -0.05) is 12.1 Å². The Morgan fingerprint density at radius 1 is 0.939 bits per heavy atom. The van der Waals surface area contributed by atoms with Gasteiger partial charge in [0.1, 0.15) is 0 Å². The van der Waals surface area contributed by atoms with Gasteiger partial charge in [-0.3, -0.25) is 20.4 Å². The molecular formula is C22H27N3O7S. The fraction of sp³-hybridized carbons (Fsp3) is 0.364. The number of amides is 2. The van der Waals surface area contributed by atoms with Gasteiger partial charge in [0.2, 0.25) is 21.7 Å². The number of aryl methyl sites for hydroxylation is 1. The molecule has 3 N–H and O–H groups in total. The second-order valence-corrected chi connectivity index (χ2v) is 9.17. The molecule has 1 aliphatic carbocycles. The van der Waals surface area contributed by atoms with Crippen LogP contribution in [0.25, 0.3) is 0 Å². The maximum Gasteiger partial charge on any atom is 0.269 e. The number of ether oxygens (including phenoxy) is 3. The van der Waals surface area contributed by atoms with Gasteiger partial charge < -0.3 is 14.2 Å². The Balaban J connectivity index is 1.52. The van der Waals surface area contributed by atoms with Crippen molar-refractivity contribution in [2.24, 2.45) is 0 Å². The van der Waals surface area contributed by atoms with Crippen molar-refractivity contribution in [2.75, 3.05) is 21.3 Å². The van der Waals surface area contributed by atoms with E-state index in [1.54, 1.807) is 12.1 Å². The molecule has 0 spiro atoms. The highest BCUT2D eigenvalue weighted by atomic mass is 32.2. The number of carbonyl (C=O) groups is 2. The number of sulfonamides is 1. The zero-order chi connectivity index (χ0) is 24.0. The largest absolute Gasteiger partial charge is 0.493 e. The van der Waals surface area contributed by atoms with Gasteiger partial charge in [0.25, 0.3) is 5.91 Å². The summed E-state index contributed by atoms with van der Waals surface area (Å²) < 4.78 is 42.7. The van der Waals surface area contributed by atoms with Crippen LogP contribution in [0.5, 0.6) is 17.2 Å². The zero-order valence-corrected chi connectivity index (χ0v) is 19.5. The summed E-state index contributed by atoms with van der Waals surface area (Å²) in [6.07, 6.45) is 2.20. The lowest BCUT2D eigenvalue weighted by Crippen LogP contribution is -2.41. The van der Waals surface area contributed by atoms with Gasteiger partial charge in [-0.2, -0.15) is 0 Å². The van der Waals surface area contributed by atoms with Crippen molar-refractivity contribution in [2.45, 2.75) is 36.6 Å². The molecule has 1 fully saturated rings. The molecule has 178 valence electrons. The highest BCUT2D eigenvalue weighted by Gasteiger charge is 2.27. The normalized spacial score (nSPS) is 13.2. The number of hydrazine groups is 1. The first-order chi connectivity index (χ1) is 15.8. The Morgan fingerprint density at radius 2 is 1.55 bits per heavy atom. The average Bonchev–Trinajstić information content (AvgIpc) is 3.63. The molecule has 3 rings (SSSR count). The molecular weight excluding hydrogens is 450 g/mol. The third-order valence-electron chi connectivity index (χ3n) is 5.02. The van der Waals surface area contributed by atoms with Crippen LogP contribution in [-0.4, -0.2) is 47.6 Å². The minimum Gasteiger partial charge on any atom is -0.493 e. The number of carbonyl (C=O) groups excluding carboxylic acids is 2. The minimum absolute atomic E-state index is 0.0358. The van der Waals surface area contributed by atoms with E-state index in [4.69, 9.17) is 14.2 Å². The molecule has 33 heavy (non-hydrogen) atoms. The topological polar surface area (TPSA) is 132 Å². The van der Waals surface area contributed by atoms with Crippen LogP contribution in [0.3, 0.4) is 0 Å². The van der Waals surface area contributed by atoms with Crippen LogP contribution in [-0.2, 0) is 21.2 Å². The molecule has 2 aromatic carbocycles. The predicted molar refractivity (Wildman–Crippen MR) is 120 cm³/mol. The first-order valence-corrected chi connectivity index (χ1v) is 11.8. The molecule has 0 heterocycles. The maximum absolute atomic E-state index is 12.4. The monoisotopic (exact) mass is 477 g/mol. The lowest BCUT2D eigenvalue weighted by Gasteiger charge is -2.14. The summed E-state index contributed by atoms with van der Waals surface area (Å²) in [5.41, 5.74) is 5.72. The van der Waals surface area contributed by atoms with E-state index in [0.29, 0.717) is 23.7 Å². The van der Waals surface area contributed by atoms with Crippen LogP contribution in [0.2, 0.25) is 0 Å². The molecule has 0 atom stereocenters. The Bertz CT molecular complexity index is 1090. The van der Waals surface area contributed by atoms with Crippen LogP contribution in [0.15, 0.2) is 41.3 Å².